The fraction of sp³-hybridized carbons (Fsp3) is 0.765. The van der Waals surface area contributed by atoms with Crippen molar-refractivity contribution >= 4 is 5.82 Å². The van der Waals surface area contributed by atoms with Crippen molar-refractivity contribution in [2.75, 3.05) is 38.2 Å². The SMILES string of the molecule is CN(C[C@@H]1CO[C@]2(CCCN(c3cnccn3)C2)C1)C1CC1. The van der Waals surface area contributed by atoms with Gasteiger partial charge in [-0.3, -0.25) is 4.98 Å². The zero-order chi connectivity index (χ0) is 15.0. The van der Waals surface area contributed by atoms with E-state index in [0.29, 0.717) is 5.92 Å². The van der Waals surface area contributed by atoms with Crippen molar-refractivity contribution in [1.29, 1.82) is 0 Å². The van der Waals surface area contributed by atoms with E-state index in [4.69, 9.17) is 4.74 Å². The molecule has 0 aromatic carbocycles. The van der Waals surface area contributed by atoms with Gasteiger partial charge in [-0.25, -0.2) is 4.98 Å². The maximum Gasteiger partial charge on any atom is 0.147 e. The number of piperidine rings is 1. The first-order chi connectivity index (χ1) is 10.7. The van der Waals surface area contributed by atoms with Gasteiger partial charge in [-0.1, -0.05) is 0 Å². The zero-order valence-electron chi connectivity index (χ0n) is 13.4. The van der Waals surface area contributed by atoms with Crippen LogP contribution < -0.4 is 4.90 Å². The predicted octanol–water partition coefficient (Wildman–Crippen LogP) is 1.95. The van der Waals surface area contributed by atoms with Gasteiger partial charge in [0.05, 0.1) is 18.4 Å². The van der Waals surface area contributed by atoms with E-state index in [-0.39, 0.29) is 5.60 Å². The topological polar surface area (TPSA) is 41.5 Å². The Morgan fingerprint density at radius 3 is 3.09 bits per heavy atom. The molecule has 4 rings (SSSR count). The van der Waals surface area contributed by atoms with E-state index in [9.17, 15) is 0 Å². The van der Waals surface area contributed by atoms with Crippen LogP contribution in [-0.2, 0) is 4.74 Å². The lowest BCUT2D eigenvalue weighted by Crippen LogP contribution is -2.48. The Bertz CT molecular complexity index is 507. The Morgan fingerprint density at radius 1 is 1.41 bits per heavy atom. The van der Waals surface area contributed by atoms with Crippen LogP contribution in [0.5, 0.6) is 0 Å². The van der Waals surface area contributed by atoms with Gasteiger partial charge in [-0.2, -0.15) is 0 Å². The van der Waals surface area contributed by atoms with Crippen LogP contribution in [0.25, 0.3) is 0 Å². The Morgan fingerprint density at radius 2 is 2.32 bits per heavy atom. The summed E-state index contributed by atoms with van der Waals surface area (Å²) in [5.41, 5.74) is 0.0465. The van der Waals surface area contributed by atoms with Gasteiger partial charge in [0.25, 0.3) is 0 Å². The third-order valence-corrected chi connectivity index (χ3v) is 5.42. The Balaban J connectivity index is 1.39. The normalized spacial score (nSPS) is 32.1. The van der Waals surface area contributed by atoms with Crippen LogP contribution in [0.4, 0.5) is 5.82 Å². The molecule has 22 heavy (non-hydrogen) atoms. The van der Waals surface area contributed by atoms with Gasteiger partial charge in [0, 0.05) is 38.1 Å². The highest BCUT2D eigenvalue weighted by Gasteiger charge is 2.44. The summed E-state index contributed by atoms with van der Waals surface area (Å²) in [5.74, 6) is 1.68. The van der Waals surface area contributed by atoms with Crippen molar-refractivity contribution < 1.29 is 4.74 Å². The van der Waals surface area contributed by atoms with E-state index in [1.807, 2.05) is 6.20 Å². The third kappa shape index (κ3) is 2.97. The highest BCUT2D eigenvalue weighted by Crippen LogP contribution is 2.39. The van der Waals surface area contributed by atoms with E-state index < -0.39 is 0 Å². The third-order valence-electron chi connectivity index (χ3n) is 5.42. The van der Waals surface area contributed by atoms with E-state index in [0.717, 1.165) is 31.6 Å². The summed E-state index contributed by atoms with van der Waals surface area (Å²) < 4.78 is 6.33. The molecular weight excluding hydrogens is 276 g/mol. The number of ether oxygens (including phenoxy) is 1. The van der Waals surface area contributed by atoms with Crippen LogP contribution in [0.15, 0.2) is 18.6 Å². The molecule has 1 aromatic rings. The summed E-state index contributed by atoms with van der Waals surface area (Å²) in [7, 11) is 2.27. The molecule has 2 atom stereocenters. The molecular formula is C17H26N4O. The van der Waals surface area contributed by atoms with E-state index in [2.05, 4.69) is 26.8 Å². The molecule has 1 aliphatic carbocycles. The molecule has 0 bridgehead atoms. The number of hydrogen-bond acceptors (Lipinski definition) is 5. The highest BCUT2D eigenvalue weighted by atomic mass is 16.5. The van der Waals surface area contributed by atoms with Crippen LogP contribution in [0, 0.1) is 5.92 Å². The van der Waals surface area contributed by atoms with Crippen molar-refractivity contribution in [3.8, 4) is 0 Å². The van der Waals surface area contributed by atoms with Crippen LogP contribution in [0.3, 0.4) is 0 Å². The maximum absolute atomic E-state index is 6.33. The standard InChI is InChI=1S/C17H26N4O/c1-20(15-3-4-15)11-14-9-17(22-12-14)5-2-8-21(13-17)16-10-18-6-7-19-16/h6-7,10,14-15H,2-5,8-9,11-13H2,1H3/t14-,17-/m1/s1. The lowest BCUT2D eigenvalue weighted by atomic mass is 9.86. The summed E-state index contributed by atoms with van der Waals surface area (Å²) in [5, 5.41) is 0. The predicted molar refractivity (Wildman–Crippen MR) is 85.9 cm³/mol. The highest BCUT2D eigenvalue weighted by molar-refractivity contribution is 5.36. The van der Waals surface area contributed by atoms with Gasteiger partial charge in [0.1, 0.15) is 5.82 Å². The number of nitrogens with zero attached hydrogens (tertiary/aromatic N) is 4. The summed E-state index contributed by atoms with van der Waals surface area (Å²) in [4.78, 5) is 13.5. The number of rotatable bonds is 4. The minimum absolute atomic E-state index is 0.0465. The van der Waals surface area contributed by atoms with Crippen LogP contribution >= 0.6 is 0 Å². The first-order valence-electron chi connectivity index (χ1n) is 8.59. The Kier molecular flexibility index (Phi) is 3.78. The fourth-order valence-electron chi connectivity index (χ4n) is 4.16. The second kappa shape index (κ2) is 5.78. The lowest BCUT2D eigenvalue weighted by Gasteiger charge is -2.40. The maximum atomic E-state index is 6.33. The van der Waals surface area contributed by atoms with Crippen LogP contribution in [0.2, 0.25) is 0 Å². The molecule has 5 heteroatoms. The zero-order valence-corrected chi connectivity index (χ0v) is 13.4. The van der Waals surface area contributed by atoms with Gasteiger partial charge in [-0.15, -0.1) is 0 Å². The molecule has 0 amide bonds. The van der Waals surface area contributed by atoms with Gasteiger partial charge >= 0.3 is 0 Å². The smallest absolute Gasteiger partial charge is 0.147 e. The van der Waals surface area contributed by atoms with Gasteiger partial charge < -0.3 is 14.5 Å². The molecule has 3 aliphatic rings. The molecule has 3 heterocycles. The quantitative estimate of drug-likeness (QED) is 0.850. The van der Waals surface area contributed by atoms with Crippen LogP contribution in [-0.4, -0.2) is 59.8 Å². The Hall–Kier alpha value is -1.20. The molecule has 5 nitrogen and oxygen atoms in total. The number of hydrogen-bond donors (Lipinski definition) is 0. The molecule has 1 spiro atoms. The molecule has 0 radical (unpaired) electrons. The fourth-order valence-corrected chi connectivity index (χ4v) is 4.16. The van der Waals surface area contributed by atoms with Crippen molar-refractivity contribution in [3.63, 3.8) is 0 Å². The van der Waals surface area contributed by atoms with Gasteiger partial charge in [0.2, 0.25) is 0 Å². The van der Waals surface area contributed by atoms with Gasteiger partial charge in [0.15, 0.2) is 0 Å². The monoisotopic (exact) mass is 302 g/mol. The first kappa shape index (κ1) is 14.4. The summed E-state index contributed by atoms with van der Waals surface area (Å²) in [6.45, 7) is 4.15. The minimum Gasteiger partial charge on any atom is -0.373 e. The molecule has 3 fully saturated rings. The average molecular weight is 302 g/mol. The molecule has 120 valence electrons. The van der Waals surface area contributed by atoms with Crippen molar-refractivity contribution in [2.24, 2.45) is 5.92 Å². The average Bonchev–Trinajstić information content (AvgIpc) is 3.34. The number of aromatic nitrogens is 2. The van der Waals surface area contributed by atoms with Crippen molar-refractivity contribution in [2.45, 2.75) is 43.7 Å². The van der Waals surface area contributed by atoms with Crippen molar-refractivity contribution in [3.05, 3.63) is 18.6 Å². The molecule has 2 aliphatic heterocycles. The first-order valence-corrected chi connectivity index (χ1v) is 8.59. The second-order valence-electron chi connectivity index (χ2n) is 7.32. The molecule has 2 saturated heterocycles. The van der Waals surface area contributed by atoms with E-state index >= 15 is 0 Å². The van der Waals surface area contributed by atoms with Crippen LogP contribution in [0.1, 0.15) is 32.1 Å². The minimum atomic E-state index is 0.0465. The summed E-state index contributed by atoms with van der Waals surface area (Å²) in [6, 6.07) is 0.846. The van der Waals surface area contributed by atoms with E-state index in [1.54, 1.807) is 12.4 Å². The molecule has 1 saturated carbocycles. The van der Waals surface area contributed by atoms with Crippen molar-refractivity contribution in [1.82, 2.24) is 14.9 Å². The second-order valence-corrected chi connectivity index (χ2v) is 7.32. The van der Waals surface area contributed by atoms with E-state index in [1.165, 1.54) is 38.6 Å². The number of anilines is 1. The molecule has 0 unspecified atom stereocenters. The summed E-state index contributed by atoms with van der Waals surface area (Å²) >= 11 is 0. The Labute approximate surface area is 132 Å². The molecule has 1 aromatic heterocycles. The largest absolute Gasteiger partial charge is 0.373 e. The summed E-state index contributed by atoms with van der Waals surface area (Å²) in [6.07, 6.45) is 11.7. The van der Waals surface area contributed by atoms with Gasteiger partial charge in [-0.05, 0) is 45.1 Å². The lowest BCUT2D eigenvalue weighted by molar-refractivity contribution is -0.00737. The molecule has 0 N–H and O–H groups in total.